The molecule has 0 unspecified atom stereocenters. The molecule has 8 nitrogen and oxygen atoms in total. The molecule has 0 saturated carbocycles. The molecule has 0 aliphatic carbocycles. The molecule has 0 fully saturated rings. The first-order chi connectivity index (χ1) is 15.9. The summed E-state index contributed by atoms with van der Waals surface area (Å²) in [7, 11) is 0. The molecule has 0 radical (unpaired) electrons. The number of hydrogen-bond donors (Lipinski definition) is 2. The van der Waals surface area contributed by atoms with Crippen molar-refractivity contribution < 1.29 is 34.1 Å². The number of benzene rings is 2. The lowest BCUT2D eigenvalue weighted by molar-refractivity contribution is 0.0497. The molecule has 33 heavy (non-hydrogen) atoms. The maximum atomic E-state index is 12.7. The van der Waals surface area contributed by atoms with Crippen LogP contribution in [0.1, 0.15) is 86.4 Å². The van der Waals surface area contributed by atoms with E-state index in [1.54, 1.807) is 0 Å². The predicted molar refractivity (Wildman–Crippen MR) is 121 cm³/mol. The molecule has 0 atom stereocenters. The number of amides is 2. The molecule has 0 bridgehead atoms. The van der Waals surface area contributed by atoms with Crippen molar-refractivity contribution in [3.05, 3.63) is 64.7 Å². The molecule has 3 rings (SSSR count). The van der Waals surface area contributed by atoms with Gasteiger partial charge in [-0.3, -0.25) is 9.59 Å². The van der Waals surface area contributed by atoms with Crippen LogP contribution < -0.4 is 4.90 Å². The van der Waals surface area contributed by atoms with Gasteiger partial charge in [-0.15, -0.1) is 0 Å². The van der Waals surface area contributed by atoms with E-state index in [0.717, 1.165) is 49.8 Å². The van der Waals surface area contributed by atoms with Gasteiger partial charge in [-0.1, -0.05) is 32.1 Å². The van der Waals surface area contributed by atoms with E-state index in [1.165, 1.54) is 42.5 Å². The first-order valence-corrected chi connectivity index (χ1v) is 11.1. The highest BCUT2D eigenvalue weighted by atomic mass is 16.5. The van der Waals surface area contributed by atoms with E-state index in [2.05, 4.69) is 0 Å². The zero-order valence-electron chi connectivity index (χ0n) is 18.3. The van der Waals surface area contributed by atoms with E-state index in [1.807, 2.05) is 0 Å². The summed E-state index contributed by atoms with van der Waals surface area (Å²) in [6, 6.07) is 9.77. The number of nitrogens with zero attached hydrogens (tertiary/aromatic N) is 1. The van der Waals surface area contributed by atoms with Gasteiger partial charge in [-0.25, -0.2) is 14.5 Å². The number of rotatable bonds is 12. The molecule has 1 heterocycles. The maximum Gasteiger partial charge on any atom is 0.338 e. The van der Waals surface area contributed by atoms with E-state index in [4.69, 9.17) is 14.9 Å². The van der Waals surface area contributed by atoms with Crippen LogP contribution in [-0.2, 0) is 4.74 Å². The number of imide groups is 1. The monoisotopic (exact) mass is 453 g/mol. The Kier molecular flexibility index (Phi) is 8.32. The minimum atomic E-state index is -1.18. The quantitative estimate of drug-likeness (QED) is 0.282. The molecule has 0 saturated heterocycles. The van der Waals surface area contributed by atoms with Crippen molar-refractivity contribution in [3.63, 3.8) is 0 Å². The van der Waals surface area contributed by atoms with Crippen molar-refractivity contribution in [3.8, 4) is 0 Å². The molecule has 2 aromatic rings. The number of fused-ring (bicyclic) bond motifs is 1. The fourth-order valence-corrected chi connectivity index (χ4v) is 3.70. The van der Waals surface area contributed by atoms with Crippen molar-refractivity contribution in [2.24, 2.45) is 0 Å². The number of aromatic carboxylic acids is 1. The number of carbonyl (C=O) groups excluding carboxylic acids is 3. The Bertz CT molecular complexity index is 1030. The number of esters is 1. The smallest absolute Gasteiger partial charge is 0.338 e. The second-order valence-electron chi connectivity index (χ2n) is 7.89. The molecule has 0 aromatic heterocycles. The molecular weight excluding hydrogens is 426 g/mol. The maximum absolute atomic E-state index is 12.7. The number of aliphatic hydroxyl groups excluding tert-OH is 1. The molecule has 1 aliphatic rings. The Hall–Kier alpha value is -3.52. The van der Waals surface area contributed by atoms with E-state index in [9.17, 15) is 19.2 Å². The summed E-state index contributed by atoms with van der Waals surface area (Å²) in [4.78, 5) is 49.7. The lowest BCUT2D eigenvalue weighted by Gasteiger charge is -2.14. The molecular formula is C25H27NO7. The summed E-state index contributed by atoms with van der Waals surface area (Å²) in [6.07, 6.45) is 6.88. The SMILES string of the molecule is O=C(O)c1ccc2c(c1)C(=O)N(c1ccc(C(=O)OCCCCCCCCCO)cc1)C2=O. The summed E-state index contributed by atoms with van der Waals surface area (Å²) in [5.41, 5.74) is 0.707. The number of carbonyl (C=O) groups is 4. The third-order valence-corrected chi connectivity index (χ3v) is 5.53. The van der Waals surface area contributed by atoms with Crippen molar-refractivity contribution in [1.29, 1.82) is 0 Å². The lowest BCUT2D eigenvalue weighted by Crippen LogP contribution is -2.29. The molecule has 2 N–H and O–H groups in total. The second kappa shape index (κ2) is 11.4. The number of carboxylic acids is 1. The highest BCUT2D eigenvalue weighted by molar-refractivity contribution is 6.34. The molecule has 0 spiro atoms. The summed E-state index contributed by atoms with van der Waals surface area (Å²) in [6.45, 7) is 0.560. The van der Waals surface area contributed by atoms with Crippen LogP contribution in [0.2, 0.25) is 0 Å². The largest absolute Gasteiger partial charge is 0.478 e. The third kappa shape index (κ3) is 5.84. The predicted octanol–water partition coefficient (Wildman–Crippen LogP) is 4.07. The fraction of sp³-hybridized carbons (Fsp3) is 0.360. The van der Waals surface area contributed by atoms with E-state index < -0.39 is 23.8 Å². The summed E-state index contributed by atoms with van der Waals surface area (Å²) in [5, 5.41) is 17.9. The van der Waals surface area contributed by atoms with Gasteiger partial charge >= 0.3 is 11.9 Å². The van der Waals surface area contributed by atoms with Gasteiger partial charge in [0.15, 0.2) is 0 Å². The highest BCUT2D eigenvalue weighted by Crippen LogP contribution is 2.29. The van der Waals surface area contributed by atoms with Crippen LogP contribution in [0.25, 0.3) is 0 Å². The lowest BCUT2D eigenvalue weighted by atomic mass is 10.1. The molecule has 174 valence electrons. The normalized spacial score (nSPS) is 12.7. The van der Waals surface area contributed by atoms with Gasteiger partial charge < -0.3 is 14.9 Å². The third-order valence-electron chi connectivity index (χ3n) is 5.53. The average Bonchev–Trinajstić information content (AvgIpc) is 3.07. The minimum Gasteiger partial charge on any atom is -0.478 e. The molecule has 2 amide bonds. The van der Waals surface area contributed by atoms with Gasteiger partial charge in [0.25, 0.3) is 11.8 Å². The molecule has 8 heteroatoms. The zero-order chi connectivity index (χ0) is 23.8. The van der Waals surface area contributed by atoms with Gasteiger partial charge in [-0.05, 0) is 55.3 Å². The van der Waals surface area contributed by atoms with Crippen LogP contribution >= 0.6 is 0 Å². The van der Waals surface area contributed by atoms with E-state index >= 15 is 0 Å². The Morgan fingerprint density at radius 3 is 1.97 bits per heavy atom. The van der Waals surface area contributed by atoms with Gasteiger partial charge in [-0.2, -0.15) is 0 Å². The van der Waals surface area contributed by atoms with Gasteiger partial charge in [0.05, 0.1) is 34.5 Å². The summed E-state index contributed by atoms with van der Waals surface area (Å²) >= 11 is 0. The Balaban J connectivity index is 1.52. The number of hydrogen-bond acceptors (Lipinski definition) is 6. The summed E-state index contributed by atoms with van der Waals surface area (Å²) < 4.78 is 5.29. The minimum absolute atomic E-state index is 0.0387. The van der Waals surface area contributed by atoms with Crippen LogP contribution in [0.15, 0.2) is 42.5 Å². The fourth-order valence-electron chi connectivity index (χ4n) is 3.70. The standard InChI is InChI=1S/C25H27NO7/c27-14-6-4-2-1-3-5-7-15-33-25(32)17-8-11-19(12-9-17)26-22(28)20-13-10-18(24(30)31)16-21(20)23(26)29/h8-13,16,27H,1-7,14-15H2,(H,30,31). The van der Waals surface area contributed by atoms with Gasteiger partial charge in [0.1, 0.15) is 0 Å². The number of ether oxygens (including phenoxy) is 1. The number of aliphatic hydroxyl groups is 1. The number of unbranched alkanes of at least 4 members (excludes halogenated alkanes) is 6. The zero-order valence-corrected chi connectivity index (χ0v) is 18.3. The number of carboxylic acid groups (broad SMARTS) is 1. The molecule has 2 aromatic carbocycles. The van der Waals surface area contributed by atoms with Crippen LogP contribution in [0.5, 0.6) is 0 Å². The van der Waals surface area contributed by atoms with E-state index in [-0.39, 0.29) is 29.0 Å². The average molecular weight is 453 g/mol. The number of anilines is 1. The van der Waals surface area contributed by atoms with Crippen LogP contribution in [0.4, 0.5) is 5.69 Å². The van der Waals surface area contributed by atoms with Crippen molar-refractivity contribution in [2.45, 2.75) is 44.9 Å². The topological polar surface area (TPSA) is 121 Å². The van der Waals surface area contributed by atoms with Crippen molar-refractivity contribution >= 4 is 29.4 Å². The van der Waals surface area contributed by atoms with Crippen molar-refractivity contribution in [1.82, 2.24) is 0 Å². The highest BCUT2D eigenvalue weighted by Gasteiger charge is 2.37. The van der Waals surface area contributed by atoms with Crippen LogP contribution in [-0.4, -0.2) is 47.2 Å². The van der Waals surface area contributed by atoms with Crippen molar-refractivity contribution in [2.75, 3.05) is 18.1 Å². The van der Waals surface area contributed by atoms with Gasteiger partial charge in [0.2, 0.25) is 0 Å². The Morgan fingerprint density at radius 1 is 0.758 bits per heavy atom. The first-order valence-electron chi connectivity index (χ1n) is 11.1. The first kappa shape index (κ1) is 24.1. The van der Waals surface area contributed by atoms with Crippen LogP contribution in [0.3, 0.4) is 0 Å². The van der Waals surface area contributed by atoms with Crippen LogP contribution in [0, 0.1) is 0 Å². The second-order valence-corrected chi connectivity index (χ2v) is 7.89. The molecule has 1 aliphatic heterocycles. The van der Waals surface area contributed by atoms with E-state index in [0.29, 0.717) is 12.2 Å². The Morgan fingerprint density at radius 2 is 1.33 bits per heavy atom. The summed E-state index contributed by atoms with van der Waals surface area (Å²) in [5.74, 6) is -2.81. The van der Waals surface area contributed by atoms with Gasteiger partial charge in [0, 0.05) is 6.61 Å². The Labute approximate surface area is 191 Å².